The topological polar surface area (TPSA) is 86.8 Å². The van der Waals surface area contributed by atoms with Crippen LogP contribution in [0.4, 0.5) is 10.1 Å². The van der Waals surface area contributed by atoms with Gasteiger partial charge in [-0.1, -0.05) is 71.8 Å². The van der Waals surface area contributed by atoms with Crippen molar-refractivity contribution < 1.29 is 22.4 Å². The van der Waals surface area contributed by atoms with E-state index in [0.29, 0.717) is 0 Å². The van der Waals surface area contributed by atoms with Gasteiger partial charge in [0, 0.05) is 19.0 Å². The molecule has 39 heavy (non-hydrogen) atoms. The van der Waals surface area contributed by atoms with E-state index >= 15 is 0 Å². The van der Waals surface area contributed by atoms with Crippen molar-refractivity contribution in [2.24, 2.45) is 0 Å². The van der Waals surface area contributed by atoms with Gasteiger partial charge in [-0.3, -0.25) is 13.9 Å². The molecule has 1 atom stereocenters. The third-order valence-corrected chi connectivity index (χ3v) is 7.48. The molecule has 0 fully saturated rings. The van der Waals surface area contributed by atoms with Gasteiger partial charge in [-0.25, -0.2) is 12.8 Å². The van der Waals surface area contributed by atoms with Crippen LogP contribution in [0.25, 0.3) is 0 Å². The normalized spacial score (nSPS) is 12.2. The van der Waals surface area contributed by atoms with Crippen LogP contribution < -0.4 is 9.62 Å². The van der Waals surface area contributed by atoms with Crippen LogP contribution in [0.5, 0.6) is 0 Å². The van der Waals surface area contributed by atoms with E-state index in [0.717, 1.165) is 39.4 Å². The van der Waals surface area contributed by atoms with Crippen LogP contribution in [-0.4, -0.2) is 50.0 Å². The number of benzene rings is 3. The molecule has 10 heteroatoms. The number of aryl methyl sites for hydroxylation is 1. The predicted octanol–water partition coefficient (Wildman–Crippen LogP) is 4.72. The molecule has 3 aromatic carbocycles. The molecule has 0 spiro atoms. The number of nitrogens with one attached hydrogen (secondary N) is 1. The minimum Gasteiger partial charge on any atom is -0.352 e. The van der Waals surface area contributed by atoms with Crippen molar-refractivity contribution in [2.75, 3.05) is 17.1 Å². The Balaban J connectivity index is 2.06. The molecular formula is C29H33ClFN3O4S. The third-order valence-electron chi connectivity index (χ3n) is 6.05. The van der Waals surface area contributed by atoms with Crippen LogP contribution in [-0.2, 0) is 32.6 Å². The van der Waals surface area contributed by atoms with Gasteiger partial charge in [0.25, 0.3) is 0 Å². The molecule has 7 nitrogen and oxygen atoms in total. The van der Waals surface area contributed by atoms with E-state index in [1.165, 1.54) is 11.0 Å². The second-order valence-corrected chi connectivity index (χ2v) is 12.1. The number of nitrogens with zero attached hydrogens (tertiary/aromatic N) is 2. The molecule has 0 aliphatic heterocycles. The number of hydrogen-bond acceptors (Lipinski definition) is 4. The molecule has 0 aromatic heterocycles. The fourth-order valence-corrected chi connectivity index (χ4v) is 5.09. The minimum absolute atomic E-state index is 0.0405. The summed E-state index contributed by atoms with van der Waals surface area (Å²) in [5, 5.41) is 2.62. The van der Waals surface area contributed by atoms with Gasteiger partial charge in [0.05, 0.1) is 17.0 Å². The molecule has 0 saturated carbocycles. The van der Waals surface area contributed by atoms with E-state index in [-0.39, 0.29) is 35.6 Å². The largest absolute Gasteiger partial charge is 0.352 e. The van der Waals surface area contributed by atoms with Crippen molar-refractivity contribution in [3.63, 3.8) is 0 Å². The Morgan fingerprint density at radius 3 is 2.18 bits per heavy atom. The maximum atomic E-state index is 14.0. The number of hydrogen-bond donors (Lipinski definition) is 1. The summed E-state index contributed by atoms with van der Waals surface area (Å²) in [4.78, 5) is 28.8. The number of halogens is 2. The summed E-state index contributed by atoms with van der Waals surface area (Å²) in [6.45, 7) is 5.07. The number of rotatable bonds is 11. The highest BCUT2D eigenvalue weighted by Gasteiger charge is 2.33. The van der Waals surface area contributed by atoms with Crippen molar-refractivity contribution in [2.45, 2.75) is 45.8 Å². The van der Waals surface area contributed by atoms with Gasteiger partial charge in [0.2, 0.25) is 21.8 Å². The monoisotopic (exact) mass is 573 g/mol. The lowest BCUT2D eigenvalue weighted by Gasteiger charge is -2.34. The Hall–Kier alpha value is -3.43. The van der Waals surface area contributed by atoms with E-state index in [4.69, 9.17) is 11.6 Å². The van der Waals surface area contributed by atoms with E-state index in [2.05, 4.69) is 5.32 Å². The second-order valence-electron chi connectivity index (χ2n) is 9.74. The van der Waals surface area contributed by atoms with E-state index in [1.54, 1.807) is 0 Å². The molecule has 1 N–H and O–H groups in total. The minimum atomic E-state index is -3.97. The average Bonchev–Trinajstić information content (AvgIpc) is 2.87. The summed E-state index contributed by atoms with van der Waals surface area (Å²) in [5.41, 5.74) is 2.69. The third kappa shape index (κ3) is 8.53. The average molecular weight is 574 g/mol. The molecule has 208 valence electrons. The quantitative estimate of drug-likeness (QED) is 0.360. The van der Waals surface area contributed by atoms with Gasteiger partial charge in [-0.15, -0.1) is 0 Å². The molecule has 0 aliphatic carbocycles. The molecule has 0 radical (unpaired) electrons. The van der Waals surface area contributed by atoms with Crippen LogP contribution in [0, 0.1) is 12.7 Å². The summed E-state index contributed by atoms with van der Waals surface area (Å²) >= 11 is 5.91. The summed E-state index contributed by atoms with van der Waals surface area (Å²) in [5.74, 6) is -1.67. The lowest BCUT2D eigenvalue weighted by Crippen LogP contribution is -2.54. The van der Waals surface area contributed by atoms with Gasteiger partial charge in [-0.05, 0) is 50.1 Å². The first-order valence-electron chi connectivity index (χ1n) is 12.5. The molecular weight excluding hydrogens is 541 g/mol. The zero-order chi connectivity index (χ0) is 28.7. The summed E-state index contributed by atoms with van der Waals surface area (Å²) in [6, 6.07) is 19.2. The van der Waals surface area contributed by atoms with E-state index < -0.39 is 34.3 Å². The lowest BCUT2D eigenvalue weighted by molar-refractivity contribution is -0.140. The van der Waals surface area contributed by atoms with Crippen molar-refractivity contribution >= 4 is 39.1 Å². The van der Waals surface area contributed by atoms with Crippen LogP contribution in [0.3, 0.4) is 0 Å². The first-order chi connectivity index (χ1) is 18.3. The zero-order valence-corrected chi connectivity index (χ0v) is 24.0. The smallest absolute Gasteiger partial charge is 0.244 e. The van der Waals surface area contributed by atoms with Crippen molar-refractivity contribution in [1.29, 1.82) is 0 Å². The molecule has 3 rings (SSSR count). The first kappa shape index (κ1) is 30.1. The summed E-state index contributed by atoms with van der Waals surface area (Å²) in [7, 11) is -3.97. The highest BCUT2D eigenvalue weighted by molar-refractivity contribution is 7.92. The van der Waals surface area contributed by atoms with Gasteiger partial charge in [-0.2, -0.15) is 0 Å². The standard InChI is InChI=1S/C29H33ClFN3O4S/c1-20(2)32-29(36)27(16-22-8-6-5-7-9-22)33(18-23-12-10-21(3)11-13-23)28(35)19-34(39(4,37)38)24-14-15-26(31)25(30)17-24/h5-15,17,20,27H,16,18-19H2,1-4H3,(H,32,36)/t27-/m0/s1. The molecule has 2 amide bonds. The van der Waals surface area contributed by atoms with Crippen molar-refractivity contribution in [3.8, 4) is 0 Å². The lowest BCUT2D eigenvalue weighted by atomic mass is 10.0. The maximum Gasteiger partial charge on any atom is 0.244 e. The fourth-order valence-electron chi connectivity index (χ4n) is 4.08. The second kappa shape index (κ2) is 13.1. The Labute approximate surface area is 234 Å². The van der Waals surface area contributed by atoms with Gasteiger partial charge in [0.1, 0.15) is 18.4 Å². The fraction of sp³-hybridized carbons (Fsp3) is 0.310. The summed E-state index contributed by atoms with van der Waals surface area (Å²) in [6.07, 6.45) is 1.17. The Kier molecular flexibility index (Phi) is 10.1. The number of carbonyl (C=O) groups is 2. The first-order valence-corrected chi connectivity index (χ1v) is 14.7. The van der Waals surface area contributed by atoms with E-state index in [1.807, 2.05) is 75.4 Å². The number of amides is 2. The zero-order valence-electron chi connectivity index (χ0n) is 22.4. The molecule has 0 aliphatic rings. The van der Waals surface area contributed by atoms with Gasteiger partial charge >= 0.3 is 0 Å². The van der Waals surface area contributed by atoms with Crippen LogP contribution in [0.2, 0.25) is 5.02 Å². The van der Waals surface area contributed by atoms with Crippen LogP contribution >= 0.6 is 11.6 Å². The molecule has 0 unspecified atom stereocenters. The van der Waals surface area contributed by atoms with Crippen LogP contribution in [0.15, 0.2) is 72.8 Å². The SMILES string of the molecule is Cc1ccc(CN(C(=O)CN(c2ccc(F)c(Cl)c2)S(C)(=O)=O)[C@@H](Cc2ccccc2)C(=O)NC(C)C)cc1. The predicted molar refractivity (Wildman–Crippen MR) is 153 cm³/mol. The highest BCUT2D eigenvalue weighted by Crippen LogP contribution is 2.25. The van der Waals surface area contributed by atoms with Crippen molar-refractivity contribution in [3.05, 3.63) is 100 Å². The van der Waals surface area contributed by atoms with Gasteiger partial charge in [0.15, 0.2) is 0 Å². The molecule has 3 aromatic rings. The van der Waals surface area contributed by atoms with Crippen molar-refractivity contribution in [1.82, 2.24) is 10.2 Å². The van der Waals surface area contributed by atoms with E-state index in [9.17, 15) is 22.4 Å². The Morgan fingerprint density at radius 1 is 0.974 bits per heavy atom. The molecule has 0 saturated heterocycles. The number of sulfonamides is 1. The number of anilines is 1. The van der Waals surface area contributed by atoms with Crippen LogP contribution in [0.1, 0.15) is 30.5 Å². The maximum absolute atomic E-state index is 14.0. The molecule has 0 bridgehead atoms. The van der Waals surface area contributed by atoms with Gasteiger partial charge < -0.3 is 10.2 Å². The number of carbonyl (C=O) groups excluding carboxylic acids is 2. The highest BCUT2D eigenvalue weighted by atomic mass is 35.5. The summed E-state index contributed by atoms with van der Waals surface area (Å²) < 4.78 is 40.2. The molecule has 0 heterocycles. The Bertz CT molecular complexity index is 1400. The Morgan fingerprint density at radius 2 is 1.62 bits per heavy atom.